The van der Waals surface area contributed by atoms with Gasteiger partial charge in [-0.15, -0.1) is 0 Å². The molecule has 2 aliphatic rings. The molecular weight excluding hydrogens is 312 g/mol. The number of benzene rings is 1. The summed E-state index contributed by atoms with van der Waals surface area (Å²) in [5.74, 6) is 0.847. The van der Waals surface area contributed by atoms with Gasteiger partial charge in [0.2, 0.25) is 5.91 Å². The van der Waals surface area contributed by atoms with Crippen molar-refractivity contribution in [2.24, 2.45) is 11.8 Å². The van der Waals surface area contributed by atoms with Crippen LogP contribution < -0.4 is 10.2 Å². The molecule has 0 radical (unpaired) electrons. The molecule has 0 bridgehead atoms. The molecule has 2 fully saturated rings. The van der Waals surface area contributed by atoms with Crippen LogP contribution in [0.25, 0.3) is 0 Å². The molecule has 0 unspecified atom stereocenters. The lowest BCUT2D eigenvalue weighted by Crippen LogP contribution is -2.37. The maximum atomic E-state index is 12.2. The van der Waals surface area contributed by atoms with Crippen LogP contribution in [0.1, 0.15) is 24.8 Å². The SMILES string of the molecule is Cc1ccc(Cl)cc1N1CC[C@H](CNC(=O)C2CCOCC2)C1. The molecule has 3 rings (SSSR count). The number of carbonyl (C=O) groups excluding carboxylic acids is 1. The van der Waals surface area contributed by atoms with Gasteiger partial charge in [-0.05, 0) is 49.8 Å². The van der Waals surface area contributed by atoms with Crippen LogP contribution in [0.5, 0.6) is 0 Å². The van der Waals surface area contributed by atoms with Gasteiger partial charge in [0.25, 0.3) is 0 Å². The summed E-state index contributed by atoms with van der Waals surface area (Å²) in [4.78, 5) is 14.6. The molecule has 126 valence electrons. The number of hydrogen-bond donors (Lipinski definition) is 1. The lowest BCUT2D eigenvalue weighted by molar-refractivity contribution is -0.128. The number of halogens is 1. The van der Waals surface area contributed by atoms with Gasteiger partial charge in [-0.2, -0.15) is 0 Å². The highest BCUT2D eigenvalue weighted by atomic mass is 35.5. The van der Waals surface area contributed by atoms with Gasteiger partial charge >= 0.3 is 0 Å². The van der Waals surface area contributed by atoms with Crippen LogP contribution >= 0.6 is 11.6 Å². The Kier molecular flexibility index (Phi) is 5.44. The standard InChI is InChI=1S/C18H25ClN2O2/c1-13-2-3-16(19)10-17(13)21-7-4-14(12-21)11-20-18(22)15-5-8-23-9-6-15/h2-3,10,14-15H,4-9,11-12H2,1H3,(H,20,22)/t14-/m1/s1. The molecule has 0 saturated carbocycles. The first-order valence-corrected chi connectivity index (χ1v) is 8.88. The number of nitrogens with one attached hydrogen (secondary N) is 1. The largest absolute Gasteiger partial charge is 0.381 e. The van der Waals surface area contributed by atoms with Gasteiger partial charge in [-0.3, -0.25) is 4.79 Å². The maximum absolute atomic E-state index is 12.2. The first-order chi connectivity index (χ1) is 11.1. The summed E-state index contributed by atoms with van der Waals surface area (Å²) < 4.78 is 5.31. The van der Waals surface area contributed by atoms with E-state index in [1.165, 1.54) is 11.3 Å². The summed E-state index contributed by atoms with van der Waals surface area (Å²) in [6.07, 6.45) is 2.81. The molecule has 2 heterocycles. The minimum atomic E-state index is 0.136. The van der Waals surface area contributed by atoms with Crippen molar-refractivity contribution in [1.29, 1.82) is 0 Å². The fourth-order valence-corrected chi connectivity index (χ4v) is 3.66. The predicted octanol–water partition coefficient (Wildman–Crippen LogP) is 3.02. The topological polar surface area (TPSA) is 41.6 Å². The van der Waals surface area contributed by atoms with E-state index < -0.39 is 0 Å². The quantitative estimate of drug-likeness (QED) is 0.919. The van der Waals surface area contributed by atoms with E-state index in [1.54, 1.807) is 0 Å². The molecule has 0 aliphatic carbocycles. The molecule has 1 aromatic carbocycles. The number of ether oxygens (including phenoxy) is 1. The smallest absolute Gasteiger partial charge is 0.223 e. The van der Waals surface area contributed by atoms with Gasteiger partial charge < -0.3 is 15.0 Å². The highest BCUT2D eigenvalue weighted by Crippen LogP contribution is 2.29. The molecule has 5 heteroatoms. The summed E-state index contributed by atoms with van der Waals surface area (Å²) in [6.45, 7) is 6.32. The van der Waals surface area contributed by atoms with Gasteiger partial charge in [0.05, 0.1) is 0 Å². The Hall–Kier alpha value is -1.26. The highest BCUT2D eigenvalue weighted by Gasteiger charge is 2.26. The molecule has 23 heavy (non-hydrogen) atoms. The number of hydrogen-bond acceptors (Lipinski definition) is 3. The van der Waals surface area contributed by atoms with Crippen LogP contribution in [-0.2, 0) is 9.53 Å². The Morgan fingerprint density at radius 1 is 1.35 bits per heavy atom. The normalized spacial score (nSPS) is 22.3. The first kappa shape index (κ1) is 16.6. The summed E-state index contributed by atoms with van der Waals surface area (Å²) in [6, 6.07) is 6.04. The van der Waals surface area contributed by atoms with Crippen LogP contribution in [-0.4, -0.2) is 38.8 Å². The van der Waals surface area contributed by atoms with Crippen LogP contribution in [0.3, 0.4) is 0 Å². The number of aryl methyl sites for hydroxylation is 1. The molecule has 4 nitrogen and oxygen atoms in total. The highest BCUT2D eigenvalue weighted by molar-refractivity contribution is 6.30. The van der Waals surface area contributed by atoms with Crippen LogP contribution in [0.4, 0.5) is 5.69 Å². The fourth-order valence-electron chi connectivity index (χ4n) is 3.49. The summed E-state index contributed by atoms with van der Waals surface area (Å²) in [5.41, 5.74) is 2.47. The average molecular weight is 337 g/mol. The fraction of sp³-hybridized carbons (Fsp3) is 0.611. The third-order valence-electron chi connectivity index (χ3n) is 4.95. The van der Waals surface area contributed by atoms with E-state index in [0.717, 1.165) is 43.9 Å². The Labute approximate surface area is 143 Å². The van der Waals surface area contributed by atoms with E-state index in [9.17, 15) is 4.79 Å². The Morgan fingerprint density at radius 2 is 2.13 bits per heavy atom. The number of rotatable bonds is 4. The van der Waals surface area contributed by atoms with Crippen molar-refractivity contribution in [3.05, 3.63) is 28.8 Å². The van der Waals surface area contributed by atoms with E-state index in [1.807, 2.05) is 12.1 Å². The Bertz CT molecular complexity index is 558. The van der Waals surface area contributed by atoms with E-state index in [0.29, 0.717) is 19.1 Å². The van der Waals surface area contributed by atoms with Crippen molar-refractivity contribution in [2.75, 3.05) is 37.7 Å². The van der Waals surface area contributed by atoms with Gasteiger partial charge in [0, 0.05) is 49.5 Å². The molecule has 2 saturated heterocycles. The van der Waals surface area contributed by atoms with Gasteiger partial charge in [-0.25, -0.2) is 0 Å². The number of anilines is 1. The summed E-state index contributed by atoms with van der Waals surface area (Å²) in [7, 11) is 0. The van der Waals surface area contributed by atoms with E-state index in [-0.39, 0.29) is 11.8 Å². The maximum Gasteiger partial charge on any atom is 0.223 e. The average Bonchev–Trinajstić information content (AvgIpc) is 3.04. The lowest BCUT2D eigenvalue weighted by atomic mass is 9.99. The predicted molar refractivity (Wildman–Crippen MR) is 93.1 cm³/mol. The molecule has 1 aromatic rings. The second-order valence-corrected chi connectivity index (χ2v) is 7.10. The molecule has 1 N–H and O–H groups in total. The van der Waals surface area contributed by atoms with Crippen LogP contribution in [0.2, 0.25) is 5.02 Å². The second-order valence-electron chi connectivity index (χ2n) is 6.66. The Morgan fingerprint density at radius 3 is 2.91 bits per heavy atom. The third kappa shape index (κ3) is 4.18. The minimum Gasteiger partial charge on any atom is -0.381 e. The lowest BCUT2D eigenvalue weighted by Gasteiger charge is -2.23. The summed E-state index contributed by atoms with van der Waals surface area (Å²) in [5, 5.41) is 3.92. The monoisotopic (exact) mass is 336 g/mol. The molecule has 0 aromatic heterocycles. The van der Waals surface area contributed by atoms with Crippen molar-refractivity contribution in [3.63, 3.8) is 0 Å². The van der Waals surface area contributed by atoms with E-state index in [2.05, 4.69) is 23.2 Å². The second kappa shape index (κ2) is 7.54. The zero-order valence-electron chi connectivity index (χ0n) is 13.7. The molecule has 2 aliphatic heterocycles. The number of carbonyl (C=O) groups is 1. The molecule has 0 spiro atoms. The van der Waals surface area contributed by atoms with Crippen LogP contribution in [0.15, 0.2) is 18.2 Å². The van der Waals surface area contributed by atoms with Gasteiger partial charge in [0.15, 0.2) is 0 Å². The Balaban J connectivity index is 1.50. The van der Waals surface area contributed by atoms with Crippen LogP contribution in [0, 0.1) is 18.8 Å². The summed E-state index contributed by atoms with van der Waals surface area (Å²) >= 11 is 6.13. The zero-order chi connectivity index (χ0) is 16.2. The first-order valence-electron chi connectivity index (χ1n) is 8.50. The van der Waals surface area contributed by atoms with Gasteiger partial charge in [-0.1, -0.05) is 17.7 Å². The number of nitrogens with zero attached hydrogens (tertiary/aromatic N) is 1. The van der Waals surface area contributed by atoms with Gasteiger partial charge in [0.1, 0.15) is 0 Å². The number of amides is 1. The zero-order valence-corrected chi connectivity index (χ0v) is 14.4. The minimum absolute atomic E-state index is 0.136. The van der Waals surface area contributed by atoms with Crippen molar-refractivity contribution in [1.82, 2.24) is 5.32 Å². The third-order valence-corrected chi connectivity index (χ3v) is 5.19. The molecule has 1 atom stereocenters. The molecular formula is C18H25ClN2O2. The molecule has 1 amide bonds. The van der Waals surface area contributed by atoms with E-state index in [4.69, 9.17) is 16.3 Å². The van der Waals surface area contributed by atoms with Crippen molar-refractivity contribution >= 4 is 23.2 Å². The van der Waals surface area contributed by atoms with Crippen molar-refractivity contribution < 1.29 is 9.53 Å². The van der Waals surface area contributed by atoms with E-state index >= 15 is 0 Å². The van der Waals surface area contributed by atoms with Crippen molar-refractivity contribution in [2.45, 2.75) is 26.2 Å². The van der Waals surface area contributed by atoms with Crippen molar-refractivity contribution in [3.8, 4) is 0 Å².